The van der Waals surface area contributed by atoms with Gasteiger partial charge in [-0.15, -0.1) is 0 Å². The molecule has 2 aromatic carbocycles. The van der Waals surface area contributed by atoms with Crippen LogP contribution in [0.2, 0.25) is 0 Å². The van der Waals surface area contributed by atoms with E-state index in [-0.39, 0.29) is 5.78 Å². The van der Waals surface area contributed by atoms with Crippen LogP contribution in [-0.2, 0) is 17.6 Å². The number of carbonyl (C=O) groups excluding carboxylic acids is 1. The maximum atomic E-state index is 12.1. The lowest BCUT2D eigenvalue weighted by molar-refractivity contribution is -0.117. The first-order valence-electron chi connectivity index (χ1n) is 6.17. The first kappa shape index (κ1) is 15.3. The van der Waals surface area contributed by atoms with Gasteiger partial charge in [0, 0.05) is 17.3 Å². The molecule has 0 saturated heterocycles. The summed E-state index contributed by atoms with van der Waals surface area (Å²) in [4.78, 5) is 12.1. The van der Waals surface area contributed by atoms with E-state index >= 15 is 0 Å². The molecule has 0 bridgehead atoms. The van der Waals surface area contributed by atoms with Crippen molar-refractivity contribution in [2.24, 2.45) is 0 Å². The fourth-order valence-electron chi connectivity index (χ4n) is 1.94. The standard InChI is InChI=1S/C16H14Br2O2/c1-20-16-7-4-12(10-15(16)18)9-14(19)8-11-2-5-13(17)6-3-11/h2-7,10H,8-9H2,1H3. The van der Waals surface area contributed by atoms with E-state index < -0.39 is 0 Å². The third-order valence-electron chi connectivity index (χ3n) is 2.93. The van der Waals surface area contributed by atoms with Crippen molar-refractivity contribution in [1.82, 2.24) is 0 Å². The molecule has 20 heavy (non-hydrogen) atoms. The van der Waals surface area contributed by atoms with Gasteiger partial charge in [-0.25, -0.2) is 0 Å². The second-order valence-corrected chi connectivity index (χ2v) is 6.26. The van der Waals surface area contributed by atoms with Gasteiger partial charge in [0.15, 0.2) is 0 Å². The van der Waals surface area contributed by atoms with Gasteiger partial charge in [-0.2, -0.15) is 0 Å². The summed E-state index contributed by atoms with van der Waals surface area (Å²) in [5.41, 5.74) is 2.02. The van der Waals surface area contributed by atoms with Crippen LogP contribution in [-0.4, -0.2) is 12.9 Å². The third kappa shape index (κ3) is 4.18. The summed E-state index contributed by atoms with van der Waals surface area (Å²) in [6.07, 6.45) is 0.885. The van der Waals surface area contributed by atoms with Gasteiger partial charge in [0.1, 0.15) is 11.5 Å². The highest BCUT2D eigenvalue weighted by Crippen LogP contribution is 2.25. The van der Waals surface area contributed by atoms with Gasteiger partial charge in [-0.05, 0) is 51.3 Å². The Morgan fingerprint density at radius 3 is 2.20 bits per heavy atom. The largest absolute Gasteiger partial charge is 0.496 e. The molecular weight excluding hydrogens is 384 g/mol. The number of methoxy groups -OCH3 is 1. The van der Waals surface area contributed by atoms with Crippen LogP contribution >= 0.6 is 31.9 Å². The maximum absolute atomic E-state index is 12.1. The number of benzene rings is 2. The van der Waals surface area contributed by atoms with E-state index in [4.69, 9.17) is 4.74 Å². The molecule has 2 rings (SSSR count). The van der Waals surface area contributed by atoms with Crippen molar-refractivity contribution in [2.75, 3.05) is 7.11 Å². The van der Waals surface area contributed by atoms with Gasteiger partial charge in [0.05, 0.1) is 11.6 Å². The number of hydrogen-bond acceptors (Lipinski definition) is 2. The minimum absolute atomic E-state index is 0.199. The molecule has 0 saturated carbocycles. The summed E-state index contributed by atoms with van der Waals surface area (Å²) in [5.74, 6) is 0.971. The maximum Gasteiger partial charge on any atom is 0.141 e. The molecule has 0 amide bonds. The predicted octanol–water partition coefficient (Wildman–Crippen LogP) is 4.57. The van der Waals surface area contributed by atoms with E-state index in [0.29, 0.717) is 12.8 Å². The number of Topliss-reactive ketones (excluding diaryl/α,β-unsaturated/α-hetero) is 1. The summed E-state index contributed by atoms with van der Waals surface area (Å²) in [6, 6.07) is 13.5. The highest BCUT2D eigenvalue weighted by molar-refractivity contribution is 9.10. The number of halogens is 2. The zero-order valence-corrected chi connectivity index (χ0v) is 14.2. The molecule has 4 heteroatoms. The average molecular weight is 398 g/mol. The van der Waals surface area contributed by atoms with Crippen molar-refractivity contribution in [3.05, 3.63) is 62.5 Å². The minimum Gasteiger partial charge on any atom is -0.496 e. The Kier molecular flexibility index (Phi) is 5.38. The molecule has 0 aromatic heterocycles. The second-order valence-electron chi connectivity index (χ2n) is 4.49. The van der Waals surface area contributed by atoms with Gasteiger partial charge in [0.2, 0.25) is 0 Å². The number of hydrogen-bond donors (Lipinski definition) is 0. The quantitative estimate of drug-likeness (QED) is 0.738. The Hall–Kier alpha value is -1.13. The van der Waals surface area contributed by atoms with Crippen LogP contribution < -0.4 is 4.74 Å². The fourth-order valence-corrected chi connectivity index (χ4v) is 2.79. The van der Waals surface area contributed by atoms with Crippen molar-refractivity contribution in [2.45, 2.75) is 12.8 Å². The van der Waals surface area contributed by atoms with Gasteiger partial charge < -0.3 is 4.74 Å². The molecule has 0 aliphatic rings. The molecule has 0 heterocycles. The van der Waals surface area contributed by atoms with Crippen LogP contribution in [0.5, 0.6) is 5.75 Å². The van der Waals surface area contributed by atoms with Crippen LogP contribution in [0.4, 0.5) is 0 Å². The van der Waals surface area contributed by atoms with Gasteiger partial charge in [-0.1, -0.05) is 34.1 Å². The fraction of sp³-hybridized carbons (Fsp3) is 0.188. The van der Waals surface area contributed by atoms with Gasteiger partial charge in [0.25, 0.3) is 0 Å². The van der Waals surface area contributed by atoms with Crippen LogP contribution in [0.15, 0.2) is 51.4 Å². The molecule has 2 aromatic rings. The second kappa shape index (κ2) is 7.04. The van der Waals surface area contributed by atoms with Gasteiger partial charge in [-0.3, -0.25) is 4.79 Å². The highest BCUT2D eigenvalue weighted by atomic mass is 79.9. The van der Waals surface area contributed by atoms with Crippen LogP contribution in [0.3, 0.4) is 0 Å². The van der Waals surface area contributed by atoms with E-state index in [0.717, 1.165) is 25.8 Å². The van der Waals surface area contributed by atoms with Crippen molar-refractivity contribution in [3.63, 3.8) is 0 Å². The first-order chi connectivity index (χ1) is 9.58. The lowest BCUT2D eigenvalue weighted by Crippen LogP contribution is -2.06. The Balaban J connectivity index is 2.01. The molecule has 0 N–H and O–H groups in total. The summed E-state index contributed by atoms with van der Waals surface area (Å²) in [5, 5.41) is 0. The third-order valence-corrected chi connectivity index (χ3v) is 4.08. The lowest BCUT2D eigenvalue weighted by atomic mass is 10.0. The van der Waals surface area contributed by atoms with Crippen LogP contribution in [0.25, 0.3) is 0 Å². The minimum atomic E-state index is 0.199. The summed E-state index contributed by atoms with van der Waals surface area (Å²) < 4.78 is 7.07. The molecule has 0 radical (unpaired) electrons. The SMILES string of the molecule is COc1ccc(CC(=O)Cc2ccc(Br)cc2)cc1Br. The van der Waals surface area contributed by atoms with Crippen LogP contribution in [0.1, 0.15) is 11.1 Å². The van der Waals surface area contributed by atoms with Gasteiger partial charge >= 0.3 is 0 Å². The molecule has 0 fully saturated rings. The Labute approximate surface area is 135 Å². The molecule has 0 atom stereocenters. The molecule has 2 nitrogen and oxygen atoms in total. The van der Waals surface area contributed by atoms with Crippen molar-refractivity contribution in [1.29, 1.82) is 0 Å². The Bertz CT molecular complexity index is 606. The van der Waals surface area contributed by atoms with Crippen LogP contribution in [0, 0.1) is 0 Å². The molecule has 0 spiro atoms. The normalized spacial score (nSPS) is 10.3. The molecular formula is C16H14Br2O2. The number of carbonyl (C=O) groups is 1. The van der Waals surface area contributed by atoms with E-state index in [9.17, 15) is 4.79 Å². The number of rotatable bonds is 5. The smallest absolute Gasteiger partial charge is 0.141 e. The van der Waals surface area contributed by atoms with Crippen molar-refractivity contribution < 1.29 is 9.53 Å². The number of ether oxygens (including phenoxy) is 1. The van der Waals surface area contributed by atoms with E-state index in [1.54, 1.807) is 7.11 Å². The van der Waals surface area contributed by atoms with E-state index in [2.05, 4.69) is 31.9 Å². The highest BCUT2D eigenvalue weighted by Gasteiger charge is 2.07. The topological polar surface area (TPSA) is 26.3 Å². The lowest BCUT2D eigenvalue weighted by Gasteiger charge is -2.06. The van der Waals surface area contributed by atoms with E-state index in [1.807, 2.05) is 42.5 Å². The number of ketones is 1. The first-order valence-corrected chi connectivity index (χ1v) is 7.75. The monoisotopic (exact) mass is 396 g/mol. The van der Waals surface area contributed by atoms with Crippen molar-refractivity contribution >= 4 is 37.6 Å². The predicted molar refractivity (Wildman–Crippen MR) is 87.3 cm³/mol. The Morgan fingerprint density at radius 1 is 1.00 bits per heavy atom. The molecule has 104 valence electrons. The zero-order chi connectivity index (χ0) is 14.5. The summed E-state index contributed by atoms with van der Waals surface area (Å²) in [6.45, 7) is 0. The Morgan fingerprint density at radius 2 is 1.60 bits per heavy atom. The van der Waals surface area contributed by atoms with E-state index in [1.165, 1.54) is 0 Å². The zero-order valence-electron chi connectivity index (χ0n) is 11.0. The average Bonchev–Trinajstić information content (AvgIpc) is 2.41. The summed E-state index contributed by atoms with van der Waals surface area (Å²) >= 11 is 6.82. The molecule has 0 aliphatic heterocycles. The van der Waals surface area contributed by atoms with Crippen molar-refractivity contribution in [3.8, 4) is 5.75 Å². The molecule has 0 aliphatic carbocycles. The summed E-state index contributed by atoms with van der Waals surface area (Å²) in [7, 11) is 1.62. The molecule has 0 unspecified atom stereocenters.